The molecule has 0 unspecified atom stereocenters. The zero-order valence-electron chi connectivity index (χ0n) is 10.1. The average molecular weight is 262 g/mol. The maximum atomic E-state index is 11.4. The quantitative estimate of drug-likeness (QED) is 0.707. The molecule has 2 rings (SSSR count). The van der Waals surface area contributed by atoms with Gasteiger partial charge in [0, 0.05) is 17.6 Å². The van der Waals surface area contributed by atoms with E-state index < -0.39 is 18.6 Å². The number of carbonyl (C=O) groups is 1. The number of hydrogen-bond donors (Lipinski definition) is 3. The minimum absolute atomic E-state index is 0.130. The van der Waals surface area contributed by atoms with Gasteiger partial charge < -0.3 is 20.7 Å². The van der Waals surface area contributed by atoms with Crippen LogP contribution in [0.2, 0.25) is 0 Å². The second kappa shape index (κ2) is 5.64. The maximum absolute atomic E-state index is 11.4. The highest BCUT2D eigenvalue weighted by Gasteiger charge is 2.13. The molecule has 6 nitrogen and oxygen atoms in total. The lowest BCUT2D eigenvalue weighted by Gasteiger charge is -2.13. The Morgan fingerprint density at radius 1 is 1.47 bits per heavy atom. The Balaban J connectivity index is 2.39. The van der Waals surface area contributed by atoms with Crippen LogP contribution in [0.1, 0.15) is 10.4 Å². The van der Waals surface area contributed by atoms with Gasteiger partial charge in [0.25, 0.3) is 5.91 Å². The summed E-state index contributed by atoms with van der Waals surface area (Å²) in [5, 5.41) is 18.8. The molecule has 0 spiro atoms. The first-order chi connectivity index (χ1) is 9.11. The van der Waals surface area contributed by atoms with Crippen LogP contribution >= 0.6 is 0 Å². The van der Waals surface area contributed by atoms with Gasteiger partial charge in [0.05, 0.1) is 17.7 Å². The van der Waals surface area contributed by atoms with Crippen LogP contribution < -0.4 is 10.5 Å². The Hall–Kier alpha value is -2.18. The van der Waals surface area contributed by atoms with Crippen molar-refractivity contribution in [2.24, 2.45) is 5.73 Å². The SMILES string of the molecule is NC(=O)c1cc2cccnc2cc1OC[C@H](O)CO. The molecule has 1 heterocycles. The standard InChI is InChI=1S/C13H14N2O4/c14-13(18)10-4-8-2-1-3-15-11(8)5-12(10)19-7-9(17)6-16/h1-5,9,16-17H,6-7H2,(H2,14,18)/t9-/m1/s1. The van der Waals surface area contributed by atoms with Gasteiger partial charge in [0.2, 0.25) is 0 Å². The summed E-state index contributed by atoms with van der Waals surface area (Å²) in [7, 11) is 0. The number of aliphatic hydroxyl groups excluding tert-OH is 2. The predicted molar refractivity (Wildman–Crippen MR) is 68.8 cm³/mol. The molecule has 1 aromatic carbocycles. The first-order valence-electron chi connectivity index (χ1n) is 5.72. The van der Waals surface area contributed by atoms with Gasteiger partial charge in [0.1, 0.15) is 18.5 Å². The van der Waals surface area contributed by atoms with Crippen molar-refractivity contribution in [2.75, 3.05) is 13.2 Å². The number of aliphatic hydroxyl groups is 2. The van der Waals surface area contributed by atoms with Gasteiger partial charge >= 0.3 is 0 Å². The third-order valence-electron chi connectivity index (χ3n) is 2.61. The molecule has 0 aliphatic carbocycles. The number of aromatic nitrogens is 1. The number of carbonyl (C=O) groups excluding carboxylic acids is 1. The Kier molecular flexibility index (Phi) is 3.94. The third kappa shape index (κ3) is 2.98. The van der Waals surface area contributed by atoms with Crippen molar-refractivity contribution in [2.45, 2.75) is 6.10 Å². The lowest BCUT2D eigenvalue weighted by molar-refractivity contribution is 0.0532. The summed E-state index contributed by atoms with van der Waals surface area (Å²) >= 11 is 0. The van der Waals surface area contributed by atoms with E-state index in [0.717, 1.165) is 5.39 Å². The van der Waals surface area contributed by atoms with E-state index in [2.05, 4.69) is 4.98 Å². The van der Waals surface area contributed by atoms with E-state index in [-0.39, 0.29) is 17.9 Å². The molecule has 0 saturated heterocycles. The highest BCUT2D eigenvalue weighted by atomic mass is 16.5. The van der Waals surface area contributed by atoms with E-state index in [1.165, 1.54) is 0 Å². The van der Waals surface area contributed by atoms with Crippen LogP contribution in [0.15, 0.2) is 30.5 Å². The van der Waals surface area contributed by atoms with Gasteiger partial charge in [-0.2, -0.15) is 0 Å². The smallest absolute Gasteiger partial charge is 0.252 e. The molecule has 2 aromatic rings. The first kappa shape index (κ1) is 13.3. The molecular formula is C13H14N2O4. The van der Waals surface area contributed by atoms with Gasteiger partial charge in [-0.15, -0.1) is 0 Å². The Bertz CT molecular complexity index is 600. The number of benzene rings is 1. The fourth-order valence-electron chi connectivity index (χ4n) is 1.65. The number of pyridine rings is 1. The number of nitrogens with zero attached hydrogens (tertiary/aromatic N) is 1. The Labute approximate surface area is 109 Å². The van der Waals surface area contributed by atoms with Crippen LogP contribution in [-0.4, -0.2) is 40.4 Å². The minimum atomic E-state index is -1.01. The second-order valence-corrected chi connectivity index (χ2v) is 4.06. The summed E-state index contributed by atoms with van der Waals surface area (Å²) in [5.41, 5.74) is 6.16. The van der Waals surface area contributed by atoms with Gasteiger partial charge in [-0.3, -0.25) is 9.78 Å². The van der Waals surface area contributed by atoms with Crippen LogP contribution in [-0.2, 0) is 0 Å². The molecule has 19 heavy (non-hydrogen) atoms. The number of primary amides is 1. The van der Waals surface area contributed by atoms with E-state index in [4.69, 9.17) is 15.6 Å². The number of ether oxygens (including phenoxy) is 1. The zero-order valence-corrected chi connectivity index (χ0v) is 10.1. The molecule has 0 saturated carbocycles. The number of amides is 1. The Morgan fingerprint density at radius 3 is 2.95 bits per heavy atom. The van der Waals surface area contributed by atoms with E-state index >= 15 is 0 Å². The summed E-state index contributed by atoms with van der Waals surface area (Å²) in [6, 6.07) is 6.73. The van der Waals surface area contributed by atoms with E-state index in [9.17, 15) is 9.90 Å². The number of hydrogen-bond acceptors (Lipinski definition) is 5. The Morgan fingerprint density at radius 2 is 2.26 bits per heavy atom. The van der Waals surface area contributed by atoms with Crippen molar-refractivity contribution in [1.29, 1.82) is 0 Å². The summed E-state index contributed by atoms with van der Waals surface area (Å²) < 4.78 is 5.31. The lowest BCUT2D eigenvalue weighted by Crippen LogP contribution is -2.22. The van der Waals surface area contributed by atoms with Crippen molar-refractivity contribution in [3.63, 3.8) is 0 Å². The van der Waals surface area contributed by atoms with Crippen molar-refractivity contribution in [1.82, 2.24) is 4.98 Å². The first-order valence-corrected chi connectivity index (χ1v) is 5.72. The summed E-state index contributed by atoms with van der Waals surface area (Å²) in [6.07, 6.45) is 0.610. The predicted octanol–water partition coefficient (Wildman–Crippen LogP) is 0.0657. The van der Waals surface area contributed by atoms with E-state index in [1.54, 1.807) is 30.5 Å². The molecule has 0 aliphatic rings. The van der Waals surface area contributed by atoms with E-state index in [1.807, 2.05) is 0 Å². The molecule has 6 heteroatoms. The molecule has 100 valence electrons. The summed E-state index contributed by atoms with van der Waals surface area (Å²) in [4.78, 5) is 15.5. The molecule has 0 bridgehead atoms. The molecule has 0 fully saturated rings. The highest BCUT2D eigenvalue weighted by molar-refractivity contribution is 6.00. The molecular weight excluding hydrogens is 248 g/mol. The van der Waals surface area contributed by atoms with Crippen LogP contribution in [0.5, 0.6) is 5.75 Å². The van der Waals surface area contributed by atoms with Gasteiger partial charge in [0.15, 0.2) is 0 Å². The number of rotatable bonds is 5. The van der Waals surface area contributed by atoms with Crippen molar-refractivity contribution >= 4 is 16.8 Å². The fraction of sp³-hybridized carbons (Fsp3) is 0.231. The van der Waals surface area contributed by atoms with Crippen LogP contribution in [0.4, 0.5) is 0 Å². The monoisotopic (exact) mass is 262 g/mol. The lowest BCUT2D eigenvalue weighted by atomic mass is 10.1. The molecule has 1 amide bonds. The maximum Gasteiger partial charge on any atom is 0.252 e. The number of fused-ring (bicyclic) bond motifs is 1. The molecule has 0 radical (unpaired) electrons. The number of nitrogens with two attached hydrogens (primary N) is 1. The molecule has 0 aliphatic heterocycles. The molecule has 1 atom stereocenters. The van der Waals surface area contributed by atoms with Crippen molar-refractivity contribution in [3.05, 3.63) is 36.0 Å². The largest absolute Gasteiger partial charge is 0.490 e. The van der Waals surface area contributed by atoms with Crippen LogP contribution in [0.3, 0.4) is 0 Å². The van der Waals surface area contributed by atoms with Gasteiger partial charge in [-0.05, 0) is 12.1 Å². The van der Waals surface area contributed by atoms with Crippen molar-refractivity contribution < 1.29 is 19.7 Å². The highest BCUT2D eigenvalue weighted by Crippen LogP contribution is 2.24. The summed E-state index contributed by atoms with van der Waals surface area (Å²) in [5.74, 6) is -0.384. The summed E-state index contributed by atoms with van der Waals surface area (Å²) in [6.45, 7) is -0.549. The van der Waals surface area contributed by atoms with Crippen LogP contribution in [0, 0.1) is 0 Å². The third-order valence-corrected chi connectivity index (χ3v) is 2.61. The van der Waals surface area contributed by atoms with Gasteiger partial charge in [-0.25, -0.2) is 0 Å². The zero-order chi connectivity index (χ0) is 13.8. The van der Waals surface area contributed by atoms with Crippen molar-refractivity contribution in [3.8, 4) is 5.75 Å². The minimum Gasteiger partial charge on any atom is -0.490 e. The molecule has 1 aromatic heterocycles. The normalized spacial score (nSPS) is 12.3. The fourth-order valence-corrected chi connectivity index (χ4v) is 1.65. The second-order valence-electron chi connectivity index (χ2n) is 4.06. The van der Waals surface area contributed by atoms with Crippen LogP contribution in [0.25, 0.3) is 10.9 Å². The van der Waals surface area contributed by atoms with Gasteiger partial charge in [-0.1, -0.05) is 6.07 Å². The average Bonchev–Trinajstić information content (AvgIpc) is 2.43. The molecule has 4 N–H and O–H groups in total. The van der Waals surface area contributed by atoms with E-state index in [0.29, 0.717) is 5.52 Å². The topological polar surface area (TPSA) is 106 Å².